The first-order valence-corrected chi connectivity index (χ1v) is 11.5. The molecule has 0 aromatic carbocycles. The lowest BCUT2D eigenvalue weighted by Gasteiger charge is -2.35. The molecular weight excluding hydrogens is 363 g/mol. The molecule has 2 rings (SSSR count). The zero-order valence-electron chi connectivity index (χ0n) is 19.6. The molecule has 0 aromatic heterocycles. The van der Waals surface area contributed by atoms with Crippen molar-refractivity contribution in [3.8, 4) is 0 Å². The summed E-state index contributed by atoms with van der Waals surface area (Å²) in [5.41, 5.74) is 0. The number of allylic oxidation sites excluding steroid dienone is 8. The second kappa shape index (κ2) is 18.3. The smallest absolute Gasteiger partial charge is 0.138 e. The largest absolute Gasteiger partial charge is 0.461 e. The van der Waals surface area contributed by atoms with E-state index < -0.39 is 7.92 Å². The third-order valence-corrected chi connectivity index (χ3v) is 5.85. The van der Waals surface area contributed by atoms with E-state index in [9.17, 15) is 0 Å². The van der Waals surface area contributed by atoms with Gasteiger partial charge in [-0.15, -0.1) is 0 Å². The van der Waals surface area contributed by atoms with Crippen LogP contribution in [0.1, 0.15) is 62.3 Å². The van der Waals surface area contributed by atoms with Gasteiger partial charge in [-0.05, 0) is 19.1 Å². The summed E-state index contributed by atoms with van der Waals surface area (Å²) in [4.78, 5) is 0. The maximum absolute atomic E-state index is 5.80. The van der Waals surface area contributed by atoms with E-state index in [2.05, 4.69) is 32.9 Å². The number of hydrogen-bond acceptors (Lipinski definition) is 2. The van der Waals surface area contributed by atoms with Crippen LogP contribution >= 0.6 is 7.92 Å². The molecule has 1 unspecified atom stereocenters. The van der Waals surface area contributed by atoms with Gasteiger partial charge in [-0.1, -0.05) is 100 Å². The Kier molecular flexibility index (Phi) is 20.1. The number of ether oxygens (including phenoxy) is 2. The van der Waals surface area contributed by atoms with Gasteiger partial charge in [0.1, 0.15) is 23.0 Å². The molecule has 158 valence electrons. The van der Waals surface area contributed by atoms with Crippen LogP contribution in [0, 0.1) is 0 Å². The second-order valence-corrected chi connectivity index (χ2v) is 6.26. The number of fused-ring (bicyclic) bond motifs is 1. The molecule has 3 heteroatoms. The monoisotopic (exact) mass is 404 g/mol. The Hall–Kier alpha value is -2.05. The Morgan fingerprint density at radius 3 is 1.43 bits per heavy atom. The van der Waals surface area contributed by atoms with Gasteiger partial charge in [0.2, 0.25) is 0 Å². The minimum absolute atomic E-state index is 0.568. The highest BCUT2D eigenvalue weighted by Crippen LogP contribution is 2.68. The van der Waals surface area contributed by atoms with Gasteiger partial charge in [0.25, 0.3) is 0 Å². The lowest BCUT2D eigenvalue weighted by Crippen LogP contribution is -2.12. The van der Waals surface area contributed by atoms with E-state index in [1.54, 1.807) is 18.2 Å². The molecule has 1 atom stereocenters. The Morgan fingerprint density at radius 2 is 1.07 bits per heavy atom. The SMILES string of the molecule is C=CC1=C(C=C)P2C(C=C)=C(C)OC(C=C)=C2C(=C)O1.CC.CC.CC.CC. The van der Waals surface area contributed by atoms with Crippen molar-refractivity contribution >= 4 is 7.92 Å². The van der Waals surface area contributed by atoms with Gasteiger partial charge in [-0.25, -0.2) is 0 Å². The molecule has 2 aliphatic heterocycles. The molecule has 0 aliphatic carbocycles. The minimum atomic E-state index is -0.832. The van der Waals surface area contributed by atoms with Gasteiger partial charge < -0.3 is 9.47 Å². The molecule has 0 spiro atoms. The summed E-state index contributed by atoms with van der Waals surface area (Å²) in [6.45, 7) is 37.3. The lowest BCUT2D eigenvalue weighted by molar-refractivity contribution is 0.297. The van der Waals surface area contributed by atoms with Crippen molar-refractivity contribution in [3.05, 3.63) is 96.2 Å². The molecule has 0 saturated heterocycles. The number of rotatable bonds is 4. The molecule has 0 fully saturated rings. The fourth-order valence-electron chi connectivity index (χ4n) is 2.22. The van der Waals surface area contributed by atoms with Gasteiger partial charge in [0.05, 0.1) is 5.31 Å². The van der Waals surface area contributed by atoms with Crippen LogP contribution < -0.4 is 0 Å². The highest BCUT2D eigenvalue weighted by molar-refractivity contribution is 7.71. The van der Waals surface area contributed by atoms with E-state index in [1.807, 2.05) is 68.4 Å². The van der Waals surface area contributed by atoms with Crippen LogP contribution in [0.5, 0.6) is 0 Å². The van der Waals surface area contributed by atoms with Crippen LogP contribution in [0.2, 0.25) is 0 Å². The standard InChI is InChI=1S/C17H17O2P.4C2H6/c1-7-13-16(10-4)20-15(9-3)11(5)18-14(8-2)17(20)12(6)19-13;4*1-2/h7-10H,1-4,6H2,5H3;4*1-2H3. The fourth-order valence-corrected chi connectivity index (χ4v) is 4.70. The highest BCUT2D eigenvalue weighted by Gasteiger charge is 2.37. The van der Waals surface area contributed by atoms with E-state index in [0.29, 0.717) is 17.3 Å². The average molecular weight is 405 g/mol. The van der Waals surface area contributed by atoms with Crippen molar-refractivity contribution in [3.63, 3.8) is 0 Å². The summed E-state index contributed by atoms with van der Waals surface area (Å²) in [5, 5.41) is 2.96. The molecule has 2 heterocycles. The van der Waals surface area contributed by atoms with E-state index in [1.165, 1.54) is 0 Å². The van der Waals surface area contributed by atoms with Gasteiger partial charge >= 0.3 is 0 Å². The Morgan fingerprint density at radius 1 is 0.643 bits per heavy atom. The van der Waals surface area contributed by atoms with Crippen LogP contribution in [0.3, 0.4) is 0 Å². The summed E-state index contributed by atoms with van der Waals surface area (Å²) in [6.07, 6.45) is 6.99. The summed E-state index contributed by atoms with van der Waals surface area (Å²) in [6, 6.07) is 0. The minimum Gasteiger partial charge on any atom is -0.461 e. The lowest BCUT2D eigenvalue weighted by atomic mass is 10.3. The third-order valence-electron chi connectivity index (χ3n) is 3.07. The van der Waals surface area contributed by atoms with Crippen LogP contribution in [-0.4, -0.2) is 0 Å². The predicted octanol–water partition coefficient (Wildman–Crippen LogP) is 9.55. The zero-order chi connectivity index (χ0) is 22.9. The van der Waals surface area contributed by atoms with Crippen LogP contribution in [0.25, 0.3) is 0 Å². The molecule has 0 saturated carbocycles. The molecule has 28 heavy (non-hydrogen) atoms. The number of hydrogen-bond donors (Lipinski definition) is 0. The van der Waals surface area contributed by atoms with Gasteiger partial charge in [-0.3, -0.25) is 0 Å². The second-order valence-electron chi connectivity index (χ2n) is 4.18. The Labute approximate surface area is 176 Å². The fraction of sp³-hybridized carbons (Fsp3) is 0.360. The Balaban J connectivity index is -0.000000695. The van der Waals surface area contributed by atoms with Crippen molar-refractivity contribution < 1.29 is 9.47 Å². The first-order valence-electron chi connectivity index (χ1n) is 10.1. The quantitative estimate of drug-likeness (QED) is 0.434. The molecule has 0 amide bonds. The van der Waals surface area contributed by atoms with Crippen molar-refractivity contribution in [2.24, 2.45) is 0 Å². The summed E-state index contributed by atoms with van der Waals surface area (Å²) < 4.78 is 11.5. The van der Waals surface area contributed by atoms with Crippen LogP contribution in [-0.2, 0) is 9.47 Å². The van der Waals surface area contributed by atoms with E-state index >= 15 is 0 Å². The van der Waals surface area contributed by atoms with Crippen LogP contribution in [0.4, 0.5) is 0 Å². The van der Waals surface area contributed by atoms with Gasteiger partial charge in [0, 0.05) is 18.5 Å². The van der Waals surface area contributed by atoms with Gasteiger partial charge in [0.15, 0.2) is 0 Å². The van der Waals surface area contributed by atoms with E-state index in [4.69, 9.17) is 9.47 Å². The topological polar surface area (TPSA) is 18.5 Å². The first-order chi connectivity index (χ1) is 13.6. The summed E-state index contributed by atoms with van der Waals surface area (Å²) in [5.74, 6) is 2.77. The van der Waals surface area contributed by atoms with E-state index in [0.717, 1.165) is 21.7 Å². The normalized spacial score (nSPS) is 16.5. The van der Waals surface area contributed by atoms with Crippen LogP contribution in [0.15, 0.2) is 96.2 Å². The molecule has 0 bridgehead atoms. The molecule has 0 radical (unpaired) electrons. The molecular formula is C25H41O2P. The summed E-state index contributed by atoms with van der Waals surface area (Å²) >= 11 is 0. The van der Waals surface area contributed by atoms with Crippen molar-refractivity contribution in [2.75, 3.05) is 0 Å². The summed E-state index contributed by atoms with van der Waals surface area (Å²) in [7, 11) is -0.832. The van der Waals surface area contributed by atoms with E-state index in [-0.39, 0.29) is 0 Å². The molecule has 0 N–H and O–H groups in total. The maximum atomic E-state index is 5.80. The molecule has 2 aliphatic rings. The predicted molar refractivity (Wildman–Crippen MR) is 131 cm³/mol. The third kappa shape index (κ3) is 7.17. The maximum Gasteiger partial charge on any atom is 0.138 e. The van der Waals surface area contributed by atoms with Crippen molar-refractivity contribution in [1.82, 2.24) is 0 Å². The average Bonchev–Trinajstić information content (AvgIpc) is 2.78. The Bertz CT molecular complexity index is 631. The van der Waals surface area contributed by atoms with Crippen molar-refractivity contribution in [1.29, 1.82) is 0 Å². The first kappa shape index (κ1) is 30.7. The zero-order valence-corrected chi connectivity index (χ0v) is 20.5. The molecule has 0 aromatic rings. The van der Waals surface area contributed by atoms with Crippen molar-refractivity contribution in [2.45, 2.75) is 62.3 Å². The highest BCUT2D eigenvalue weighted by atomic mass is 31.1. The molecule has 2 nitrogen and oxygen atoms in total. The van der Waals surface area contributed by atoms with Gasteiger partial charge in [-0.2, -0.15) is 0 Å².